The molecule has 0 saturated heterocycles. The number of sulfonamides is 1. The Hall–Kier alpha value is -1.90. The van der Waals surface area contributed by atoms with Gasteiger partial charge in [-0.1, -0.05) is 6.07 Å². The predicted octanol–water partition coefficient (Wildman–Crippen LogP) is -0.158. The smallest absolute Gasteiger partial charge is 0.258 e. The van der Waals surface area contributed by atoms with E-state index in [1.54, 1.807) is 12.1 Å². The summed E-state index contributed by atoms with van der Waals surface area (Å²) in [6.45, 7) is -0.139. The summed E-state index contributed by atoms with van der Waals surface area (Å²) >= 11 is 0. The van der Waals surface area contributed by atoms with E-state index < -0.39 is 10.0 Å². The third-order valence-electron chi connectivity index (χ3n) is 2.33. The van der Waals surface area contributed by atoms with Gasteiger partial charge in [0.25, 0.3) is 10.0 Å². The van der Waals surface area contributed by atoms with Crippen LogP contribution in [0.3, 0.4) is 0 Å². The van der Waals surface area contributed by atoms with Crippen molar-refractivity contribution in [3.63, 3.8) is 0 Å². The summed E-state index contributed by atoms with van der Waals surface area (Å²) in [6, 6.07) is 6.18. The zero-order valence-electron chi connectivity index (χ0n) is 9.89. The number of rotatable bonds is 5. The second-order valence-electron chi connectivity index (χ2n) is 3.70. The molecule has 100 valence electrons. The minimum atomic E-state index is -3.69. The monoisotopic (exact) mass is 280 g/mol. The molecule has 0 amide bonds. The quantitative estimate of drug-likeness (QED) is 0.788. The van der Waals surface area contributed by atoms with Crippen molar-refractivity contribution in [2.45, 2.75) is 18.2 Å². The molecular weight excluding hydrogens is 268 g/mol. The lowest BCUT2D eigenvalue weighted by molar-refractivity contribution is 0.281. The minimum absolute atomic E-state index is 0.0413. The molecule has 8 heteroatoms. The molecule has 19 heavy (non-hydrogen) atoms. The van der Waals surface area contributed by atoms with Crippen LogP contribution in [0, 0.1) is 0 Å². The number of nitrogens with zero attached hydrogens (tertiary/aromatic N) is 3. The molecule has 0 aliphatic carbocycles. The van der Waals surface area contributed by atoms with Gasteiger partial charge in [0.2, 0.25) is 0 Å². The number of aromatic nitrogens is 3. The van der Waals surface area contributed by atoms with Crippen LogP contribution in [0.1, 0.15) is 11.3 Å². The van der Waals surface area contributed by atoms with Crippen molar-refractivity contribution >= 4 is 10.0 Å². The molecular formula is C11H12N4O3S. The SMILES string of the molecule is O=S(=O)(NCc1cccnn1)c1ccc(CO)cn1. The second kappa shape index (κ2) is 5.83. The number of hydrogen-bond donors (Lipinski definition) is 2. The van der Waals surface area contributed by atoms with Crippen LogP contribution >= 0.6 is 0 Å². The molecule has 0 unspecified atom stereocenters. The Balaban J connectivity index is 2.09. The van der Waals surface area contributed by atoms with E-state index >= 15 is 0 Å². The molecule has 2 aromatic rings. The average Bonchev–Trinajstić information content (AvgIpc) is 2.46. The van der Waals surface area contributed by atoms with Crippen molar-refractivity contribution in [3.8, 4) is 0 Å². The van der Waals surface area contributed by atoms with E-state index in [4.69, 9.17) is 5.11 Å². The number of hydrogen-bond acceptors (Lipinski definition) is 6. The minimum Gasteiger partial charge on any atom is -0.392 e. The molecule has 0 atom stereocenters. The summed E-state index contributed by atoms with van der Waals surface area (Å²) in [7, 11) is -3.69. The third kappa shape index (κ3) is 3.53. The maximum atomic E-state index is 11.9. The fraction of sp³-hybridized carbons (Fsp3) is 0.182. The van der Waals surface area contributed by atoms with Crippen LogP contribution in [0.4, 0.5) is 0 Å². The number of nitrogens with one attached hydrogen (secondary N) is 1. The maximum absolute atomic E-state index is 11.9. The highest BCUT2D eigenvalue weighted by molar-refractivity contribution is 7.89. The fourth-order valence-electron chi connectivity index (χ4n) is 1.33. The Morgan fingerprint density at radius 2 is 2.11 bits per heavy atom. The van der Waals surface area contributed by atoms with Crippen molar-refractivity contribution in [1.82, 2.24) is 19.9 Å². The van der Waals surface area contributed by atoms with Gasteiger partial charge in [-0.25, -0.2) is 18.1 Å². The molecule has 0 aliphatic rings. The molecule has 0 aliphatic heterocycles. The molecule has 0 aromatic carbocycles. The normalized spacial score (nSPS) is 11.4. The van der Waals surface area contributed by atoms with Gasteiger partial charge in [0, 0.05) is 12.4 Å². The summed E-state index contributed by atoms with van der Waals surface area (Å²) in [5.74, 6) is 0. The third-order valence-corrected chi connectivity index (χ3v) is 3.64. The maximum Gasteiger partial charge on any atom is 0.258 e. The lowest BCUT2D eigenvalue weighted by atomic mass is 10.3. The van der Waals surface area contributed by atoms with Crippen molar-refractivity contribution in [2.75, 3.05) is 0 Å². The zero-order valence-corrected chi connectivity index (χ0v) is 10.7. The van der Waals surface area contributed by atoms with Gasteiger partial charge in [-0.05, 0) is 23.8 Å². The lowest BCUT2D eigenvalue weighted by Gasteiger charge is -2.05. The van der Waals surface area contributed by atoms with Gasteiger partial charge >= 0.3 is 0 Å². The molecule has 2 N–H and O–H groups in total. The zero-order chi connectivity index (χ0) is 13.7. The summed E-state index contributed by atoms with van der Waals surface area (Å²) in [6.07, 6.45) is 2.82. The molecule has 0 bridgehead atoms. The molecule has 0 fully saturated rings. The van der Waals surface area contributed by atoms with Crippen LogP contribution in [0.2, 0.25) is 0 Å². The summed E-state index contributed by atoms with van der Waals surface area (Å²) in [5, 5.41) is 16.2. The number of aliphatic hydroxyl groups excluding tert-OH is 1. The van der Waals surface area contributed by atoms with E-state index in [1.807, 2.05) is 0 Å². The summed E-state index contributed by atoms with van der Waals surface area (Å²) in [4.78, 5) is 3.79. The van der Waals surface area contributed by atoms with E-state index in [9.17, 15) is 8.42 Å². The highest BCUT2D eigenvalue weighted by Gasteiger charge is 2.15. The van der Waals surface area contributed by atoms with Gasteiger partial charge in [0.05, 0.1) is 18.8 Å². The van der Waals surface area contributed by atoms with Crippen LogP contribution in [0.25, 0.3) is 0 Å². The van der Waals surface area contributed by atoms with Crippen LogP contribution in [-0.2, 0) is 23.2 Å². The van der Waals surface area contributed by atoms with Gasteiger partial charge in [0.1, 0.15) is 0 Å². The fourth-order valence-corrected chi connectivity index (χ4v) is 2.26. The first-order valence-corrected chi connectivity index (χ1v) is 6.92. The van der Waals surface area contributed by atoms with E-state index in [0.29, 0.717) is 11.3 Å². The molecule has 0 spiro atoms. The van der Waals surface area contributed by atoms with Crippen molar-refractivity contribution in [3.05, 3.63) is 47.9 Å². The molecule has 2 heterocycles. The highest BCUT2D eigenvalue weighted by Crippen LogP contribution is 2.07. The van der Waals surface area contributed by atoms with Crippen molar-refractivity contribution in [2.24, 2.45) is 0 Å². The van der Waals surface area contributed by atoms with Gasteiger partial charge in [-0.2, -0.15) is 10.2 Å². The van der Waals surface area contributed by atoms with Gasteiger partial charge in [-0.3, -0.25) is 0 Å². The summed E-state index contributed by atoms with van der Waals surface area (Å²) in [5.41, 5.74) is 1.06. The Kier molecular flexibility index (Phi) is 4.15. The van der Waals surface area contributed by atoms with E-state index in [-0.39, 0.29) is 18.2 Å². The molecule has 2 aromatic heterocycles. The van der Waals surface area contributed by atoms with E-state index in [0.717, 1.165) is 0 Å². The van der Waals surface area contributed by atoms with Crippen molar-refractivity contribution in [1.29, 1.82) is 0 Å². The van der Waals surface area contributed by atoms with E-state index in [2.05, 4.69) is 19.9 Å². The first-order chi connectivity index (χ1) is 9.12. The average molecular weight is 280 g/mol. The van der Waals surface area contributed by atoms with Crippen LogP contribution in [0.5, 0.6) is 0 Å². The molecule has 0 saturated carbocycles. The number of aliphatic hydroxyl groups is 1. The Morgan fingerprint density at radius 1 is 1.26 bits per heavy atom. The second-order valence-corrected chi connectivity index (χ2v) is 5.42. The van der Waals surface area contributed by atoms with Gasteiger partial charge in [0.15, 0.2) is 5.03 Å². The molecule has 0 radical (unpaired) electrons. The van der Waals surface area contributed by atoms with Gasteiger partial charge in [-0.15, -0.1) is 0 Å². The summed E-state index contributed by atoms with van der Waals surface area (Å²) < 4.78 is 26.2. The molecule has 7 nitrogen and oxygen atoms in total. The largest absolute Gasteiger partial charge is 0.392 e. The van der Waals surface area contributed by atoms with E-state index in [1.165, 1.54) is 24.5 Å². The lowest BCUT2D eigenvalue weighted by Crippen LogP contribution is -2.24. The van der Waals surface area contributed by atoms with Crippen molar-refractivity contribution < 1.29 is 13.5 Å². The predicted molar refractivity (Wildman–Crippen MR) is 66.2 cm³/mol. The molecule has 2 rings (SSSR count). The van der Waals surface area contributed by atoms with Crippen LogP contribution in [0.15, 0.2) is 41.7 Å². The first kappa shape index (κ1) is 13.5. The Bertz CT molecular complexity index is 629. The Morgan fingerprint density at radius 3 is 2.68 bits per heavy atom. The number of pyridine rings is 1. The standard InChI is InChI=1S/C11H12N4O3S/c16-8-9-3-4-11(12-6-9)19(17,18)14-7-10-2-1-5-13-15-10/h1-6,14,16H,7-8H2. The topological polar surface area (TPSA) is 105 Å². The highest BCUT2D eigenvalue weighted by atomic mass is 32.2. The van der Waals surface area contributed by atoms with Gasteiger partial charge < -0.3 is 5.11 Å². The first-order valence-electron chi connectivity index (χ1n) is 5.44. The van der Waals surface area contributed by atoms with Crippen LogP contribution in [-0.4, -0.2) is 28.7 Å². The van der Waals surface area contributed by atoms with Crippen LogP contribution < -0.4 is 4.72 Å². The Labute approximate surface area is 110 Å².